The van der Waals surface area contributed by atoms with E-state index in [4.69, 9.17) is 0 Å². The molecule has 0 saturated carbocycles. The molecule has 0 aliphatic carbocycles. The number of aryl methyl sites for hydroxylation is 1. The maximum Gasteiger partial charge on any atom is 0.210 e. The molecule has 0 fully saturated rings. The van der Waals surface area contributed by atoms with Gasteiger partial charge in [-0.15, -0.1) is 0 Å². The van der Waals surface area contributed by atoms with Crippen LogP contribution < -0.4 is 4.90 Å². The summed E-state index contributed by atoms with van der Waals surface area (Å²) in [5, 5.41) is 0. The van der Waals surface area contributed by atoms with E-state index < -0.39 is 0 Å². The van der Waals surface area contributed by atoms with E-state index in [1.54, 1.807) is 12.4 Å². The van der Waals surface area contributed by atoms with Gasteiger partial charge in [0.25, 0.3) is 0 Å². The molecule has 1 aromatic carbocycles. The first-order valence-electron chi connectivity index (χ1n) is 5.82. The molecule has 0 amide bonds. The number of benzene rings is 1. The lowest BCUT2D eigenvalue weighted by Crippen LogP contribution is -2.14. The van der Waals surface area contributed by atoms with E-state index in [0.29, 0.717) is 0 Å². The predicted octanol–water partition coefficient (Wildman–Crippen LogP) is 2.74. The molecule has 18 heavy (non-hydrogen) atoms. The Labute approximate surface area is 106 Å². The average Bonchev–Trinajstić information content (AvgIpc) is 2.77. The summed E-state index contributed by atoms with van der Waals surface area (Å²) in [6.07, 6.45) is 3.57. The van der Waals surface area contributed by atoms with Crippen molar-refractivity contribution < 1.29 is 0 Å². The number of rotatable bonds is 2. The summed E-state index contributed by atoms with van der Waals surface area (Å²) in [6.45, 7) is 0. The first-order valence-corrected chi connectivity index (χ1v) is 5.82. The van der Waals surface area contributed by atoms with E-state index in [2.05, 4.69) is 25.5 Å². The topological polar surface area (TPSA) is 34.0 Å². The van der Waals surface area contributed by atoms with Gasteiger partial charge < -0.3 is 9.47 Å². The summed E-state index contributed by atoms with van der Waals surface area (Å²) in [5.74, 6) is 0.919. The van der Waals surface area contributed by atoms with Crippen LogP contribution in [-0.2, 0) is 7.05 Å². The number of pyridine rings is 1. The third kappa shape index (κ3) is 1.62. The van der Waals surface area contributed by atoms with Crippen molar-refractivity contribution >= 4 is 22.7 Å². The van der Waals surface area contributed by atoms with Gasteiger partial charge in [-0.25, -0.2) is 4.98 Å². The van der Waals surface area contributed by atoms with Crippen LogP contribution in [0.15, 0.2) is 48.8 Å². The molecule has 0 radical (unpaired) electrons. The molecule has 0 N–H and O–H groups in total. The van der Waals surface area contributed by atoms with Gasteiger partial charge in [-0.2, -0.15) is 0 Å². The summed E-state index contributed by atoms with van der Waals surface area (Å²) >= 11 is 0. The predicted molar refractivity (Wildman–Crippen MR) is 73.0 cm³/mol. The van der Waals surface area contributed by atoms with Gasteiger partial charge in [0.1, 0.15) is 0 Å². The summed E-state index contributed by atoms with van der Waals surface area (Å²) < 4.78 is 2.09. The molecule has 0 saturated heterocycles. The van der Waals surface area contributed by atoms with Crippen molar-refractivity contribution in [3.8, 4) is 0 Å². The number of imidazole rings is 1. The molecule has 4 nitrogen and oxygen atoms in total. The van der Waals surface area contributed by atoms with E-state index in [-0.39, 0.29) is 0 Å². The highest BCUT2D eigenvalue weighted by Crippen LogP contribution is 2.25. The van der Waals surface area contributed by atoms with Gasteiger partial charge in [-0.1, -0.05) is 12.1 Å². The second-order valence-electron chi connectivity index (χ2n) is 4.22. The minimum atomic E-state index is 0.919. The molecule has 3 aromatic rings. The van der Waals surface area contributed by atoms with E-state index in [9.17, 15) is 0 Å². The molecule has 2 heterocycles. The van der Waals surface area contributed by atoms with Crippen LogP contribution in [0.25, 0.3) is 11.0 Å². The van der Waals surface area contributed by atoms with Crippen molar-refractivity contribution in [2.24, 2.45) is 7.05 Å². The zero-order chi connectivity index (χ0) is 12.5. The molecule has 0 aliphatic rings. The van der Waals surface area contributed by atoms with Gasteiger partial charge in [0.2, 0.25) is 5.95 Å². The molecule has 0 aliphatic heterocycles. The second-order valence-corrected chi connectivity index (χ2v) is 4.22. The van der Waals surface area contributed by atoms with Gasteiger partial charge in [-0.3, -0.25) is 4.98 Å². The number of fused-ring (bicyclic) bond motifs is 1. The quantitative estimate of drug-likeness (QED) is 0.688. The lowest BCUT2D eigenvalue weighted by atomic mass is 10.3. The van der Waals surface area contributed by atoms with Crippen LogP contribution in [-0.4, -0.2) is 21.6 Å². The molecular weight excluding hydrogens is 224 g/mol. The lowest BCUT2D eigenvalue weighted by molar-refractivity contribution is 0.909. The number of hydrogen-bond acceptors (Lipinski definition) is 3. The van der Waals surface area contributed by atoms with Gasteiger partial charge in [0, 0.05) is 32.2 Å². The number of para-hydroxylation sites is 2. The standard InChI is InChI=1S/C14H14N4/c1-17(11-7-9-15-10-8-11)14-16-12-5-3-4-6-13(12)18(14)2/h3-10H,1-2H3. The van der Waals surface area contributed by atoms with Gasteiger partial charge in [0.15, 0.2) is 0 Å². The van der Waals surface area contributed by atoms with E-state index in [0.717, 1.165) is 22.7 Å². The SMILES string of the molecule is CN(c1ccncc1)c1nc2ccccc2n1C. The van der Waals surface area contributed by atoms with Crippen molar-refractivity contribution in [1.29, 1.82) is 0 Å². The van der Waals surface area contributed by atoms with Crippen molar-refractivity contribution in [1.82, 2.24) is 14.5 Å². The van der Waals surface area contributed by atoms with E-state index >= 15 is 0 Å². The summed E-state index contributed by atoms with van der Waals surface area (Å²) in [5.41, 5.74) is 3.22. The maximum absolute atomic E-state index is 4.66. The maximum atomic E-state index is 4.66. The molecule has 90 valence electrons. The fraction of sp³-hybridized carbons (Fsp3) is 0.143. The summed E-state index contributed by atoms with van der Waals surface area (Å²) in [6, 6.07) is 12.1. The van der Waals surface area contributed by atoms with Crippen LogP contribution in [0.1, 0.15) is 0 Å². The highest BCUT2D eigenvalue weighted by atomic mass is 15.3. The molecule has 3 rings (SSSR count). The van der Waals surface area contributed by atoms with Crippen LogP contribution in [0, 0.1) is 0 Å². The Morgan fingerprint density at radius 2 is 1.78 bits per heavy atom. The normalized spacial score (nSPS) is 10.8. The van der Waals surface area contributed by atoms with Crippen molar-refractivity contribution in [3.63, 3.8) is 0 Å². The van der Waals surface area contributed by atoms with Crippen molar-refractivity contribution in [3.05, 3.63) is 48.8 Å². The highest BCUT2D eigenvalue weighted by Gasteiger charge is 2.12. The Morgan fingerprint density at radius 1 is 1.06 bits per heavy atom. The molecule has 4 heteroatoms. The summed E-state index contributed by atoms with van der Waals surface area (Å²) in [7, 11) is 4.04. The number of aromatic nitrogens is 3. The third-order valence-corrected chi connectivity index (χ3v) is 3.11. The number of hydrogen-bond donors (Lipinski definition) is 0. The summed E-state index contributed by atoms with van der Waals surface area (Å²) in [4.78, 5) is 10.7. The van der Waals surface area contributed by atoms with Crippen LogP contribution in [0.4, 0.5) is 11.6 Å². The van der Waals surface area contributed by atoms with E-state index in [1.165, 1.54) is 0 Å². The molecule has 0 atom stereocenters. The Bertz CT molecular complexity index is 673. The zero-order valence-electron chi connectivity index (χ0n) is 10.4. The Balaban J connectivity index is 2.12. The second kappa shape index (κ2) is 4.14. The number of anilines is 2. The van der Waals surface area contributed by atoms with Crippen molar-refractivity contribution in [2.45, 2.75) is 0 Å². The van der Waals surface area contributed by atoms with Crippen LogP contribution >= 0.6 is 0 Å². The minimum absolute atomic E-state index is 0.919. The molecule has 0 unspecified atom stereocenters. The fourth-order valence-electron chi connectivity index (χ4n) is 2.12. The van der Waals surface area contributed by atoms with Gasteiger partial charge in [-0.05, 0) is 24.3 Å². The van der Waals surface area contributed by atoms with Crippen LogP contribution in [0.5, 0.6) is 0 Å². The first kappa shape index (κ1) is 10.8. The van der Waals surface area contributed by atoms with Gasteiger partial charge >= 0.3 is 0 Å². The van der Waals surface area contributed by atoms with E-state index in [1.807, 2.05) is 44.4 Å². The highest BCUT2D eigenvalue weighted by molar-refractivity contribution is 5.79. The Morgan fingerprint density at radius 3 is 2.50 bits per heavy atom. The van der Waals surface area contributed by atoms with Gasteiger partial charge in [0.05, 0.1) is 11.0 Å². The molecule has 0 spiro atoms. The van der Waals surface area contributed by atoms with Crippen LogP contribution in [0.3, 0.4) is 0 Å². The molecule has 2 aromatic heterocycles. The smallest absolute Gasteiger partial charge is 0.210 e. The Hall–Kier alpha value is -2.36. The minimum Gasteiger partial charge on any atom is -0.315 e. The monoisotopic (exact) mass is 238 g/mol. The Kier molecular flexibility index (Phi) is 2.48. The van der Waals surface area contributed by atoms with Crippen molar-refractivity contribution in [2.75, 3.05) is 11.9 Å². The third-order valence-electron chi connectivity index (χ3n) is 3.11. The fourth-order valence-corrected chi connectivity index (χ4v) is 2.12. The largest absolute Gasteiger partial charge is 0.315 e. The number of nitrogens with zero attached hydrogens (tertiary/aromatic N) is 4. The zero-order valence-corrected chi connectivity index (χ0v) is 10.4. The molecule has 0 bridgehead atoms. The lowest BCUT2D eigenvalue weighted by Gasteiger charge is -2.17. The van der Waals surface area contributed by atoms with Crippen LogP contribution in [0.2, 0.25) is 0 Å². The first-order chi connectivity index (χ1) is 8.77. The molecular formula is C14H14N4. The average molecular weight is 238 g/mol.